The Morgan fingerprint density at radius 3 is 2.44 bits per heavy atom. The molecule has 2 rings (SSSR count). The number of carbonyl (C=O) groups excluding carboxylic acids is 1. The molecule has 0 aliphatic heterocycles. The summed E-state index contributed by atoms with van der Waals surface area (Å²) in [6.07, 6.45) is 3.98. The largest absolute Gasteiger partial charge is 0.493 e. The van der Waals surface area contributed by atoms with E-state index >= 15 is 0 Å². The number of rotatable bonds is 6. The Balaban J connectivity index is 2.36. The molecule has 1 amide bonds. The Bertz CT molecular complexity index is 639. The van der Waals surface area contributed by atoms with Crippen LogP contribution in [0.2, 0.25) is 0 Å². The number of hydrogen-bond donors (Lipinski definition) is 0. The Morgan fingerprint density at radius 2 is 1.92 bits per heavy atom. The van der Waals surface area contributed by atoms with Crippen molar-refractivity contribution in [3.63, 3.8) is 0 Å². The molecule has 7 heteroatoms. The summed E-state index contributed by atoms with van der Waals surface area (Å²) in [6.45, 7) is 4.39. The molecule has 1 aliphatic rings. The predicted octanol–water partition coefficient (Wildman–Crippen LogP) is 3.65. The van der Waals surface area contributed by atoms with Gasteiger partial charge >= 0.3 is 0 Å². The van der Waals surface area contributed by atoms with Crippen molar-refractivity contribution in [3.8, 4) is 11.5 Å². The van der Waals surface area contributed by atoms with Gasteiger partial charge in [0.15, 0.2) is 11.5 Å². The van der Waals surface area contributed by atoms with Gasteiger partial charge in [0.05, 0.1) is 24.7 Å². The molecule has 1 aromatic rings. The van der Waals surface area contributed by atoms with E-state index in [4.69, 9.17) is 9.47 Å². The monoisotopic (exact) mass is 350 g/mol. The zero-order valence-electron chi connectivity index (χ0n) is 15.3. The molecule has 1 aliphatic carbocycles. The van der Waals surface area contributed by atoms with Gasteiger partial charge in [-0.3, -0.25) is 14.9 Å². The molecule has 0 atom stereocenters. The fraction of sp³-hybridized carbons (Fsp3) is 0.611. The molecule has 25 heavy (non-hydrogen) atoms. The van der Waals surface area contributed by atoms with Crippen molar-refractivity contribution in [3.05, 3.63) is 27.8 Å². The standard InChI is InChI=1S/C18H26N2O5/c1-5-25-17-10-14(15(20(22)23)11-16(17)24-4)18(21)19(3)13-8-6-12(2)7-9-13/h10-13H,5-9H2,1-4H3. The first-order chi connectivity index (χ1) is 11.9. The molecule has 0 radical (unpaired) electrons. The molecule has 0 heterocycles. The number of ether oxygens (including phenoxy) is 2. The average molecular weight is 350 g/mol. The van der Waals surface area contributed by atoms with Crippen LogP contribution in [0.4, 0.5) is 5.69 Å². The smallest absolute Gasteiger partial charge is 0.286 e. The van der Waals surface area contributed by atoms with Crippen LogP contribution in [0.5, 0.6) is 11.5 Å². The Labute approximate surface area is 148 Å². The van der Waals surface area contributed by atoms with Crippen molar-refractivity contribution in [2.75, 3.05) is 20.8 Å². The van der Waals surface area contributed by atoms with Gasteiger partial charge in [-0.1, -0.05) is 6.92 Å². The van der Waals surface area contributed by atoms with Crippen LogP contribution in [0, 0.1) is 16.0 Å². The van der Waals surface area contributed by atoms with Gasteiger partial charge < -0.3 is 14.4 Å². The normalized spacial score (nSPS) is 20.0. The zero-order valence-corrected chi connectivity index (χ0v) is 15.3. The van der Waals surface area contributed by atoms with Gasteiger partial charge in [-0.2, -0.15) is 0 Å². The summed E-state index contributed by atoms with van der Waals surface area (Å²) in [5.41, 5.74) is -0.225. The lowest BCUT2D eigenvalue weighted by Gasteiger charge is -2.33. The second kappa shape index (κ2) is 8.18. The van der Waals surface area contributed by atoms with Crippen molar-refractivity contribution >= 4 is 11.6 Å². The van der Waals surface area contributed by atoms with Crippen LogP contribution in [0.25, 0.3) is 0 Å². The highest BCUT2D eigenvalue weighted by atomic mass is 16.6. The number of nitro benzene ring substituents is 1. The van der Waals surface area contributed by atoms with Crippen LogP contribution in [-0.4, -0.2) is 42.5 Å². The molecule has 0 aromatic heterocycles. The lowest BCUT2D eigenvalue weighted by Crippen LogP contribution is -2.39. The highest BCUT2D eigenvalue weighted by Crippen LogP contribution is 2.36. The number of hydrogen-bond acceptors (Lipinski definition) is 5. The van der Waals surface area contributed by atoms with Gasteiger partial charge in [0.2, 0.25) is 0 Å². The molecule has 1 aromatic carbocycles. The summed E-state index contributed by atoms with van der Waals surface area (Å²) < 4.78 is 10.6. The molecule has 0 N–H and O–H groups in total. The first-order valence-corrected chi connectivity index (χ1v) is 8.65. The number of nitrogens with zero attached hydrogens (tertiary/aromatic N) is 2. The molecule has 0 bridgehead atoms. The summed E-state index contributed by atoms with van der Waals surface area (Å²) in [4.78, 5) is 25.5. The molecule has 1 saturated carbocycles. The molecule has 0 unspecified atom stereocenters. The van der Waals surface area contributed by atoms with E-state index in [0.717, 1.165) is 25.7 Å². The third-order valence-corrected chi connectivity index (χ3v) is 4.86. The number of methoxy groups -OCH3 is 1. The van der Waals surface area contributed by atoms with Crippen LogP contribution in [0.1, 0.15) is 49.9 Å². The third-order valence-electron chi connectivity index (χ3n) is 4.86. The fourth-order valence-electron chi connectivity index (χ4n) is 3.28. The second-order valence-electron chi connectivity index (χ2n) is 6.54. The van der Waals surface area contributed by atoms with Crippen molar-refractivity contribution in [2.45, 2.75) is 45.6 Å². The van der Waals surface area contributed by atoms with Gasteiger partial charge in [-0.15, -0.1) is 0 Å². The van der Waals surface area contributed by atoms with E-state index in [1.165, 1.54) is 19.2 Å². The van der Waals surface area contributed by atoms with Gasteiger partial charge in [0.25, 0.3) is 11.6 Å². The lowest BCUT2D eigenvalue weighted by molar-refractivity contribution is -0.385. The van der Waals surface area contributed by atoms with Gasteiger partial charge in [0, 0.05) is 19.2 Å². The average Bonchev–Trinajstić information content (AvgIpc) is 2.60. The number of carbonyl (C=O) groups is 1. The van der Waals surface area contributed by atoms with Crippen molar-refractivity contribution in [2.24, 2.45) is 5.92 Å². The highest BCUT2D eigenvalue weighted by Gasteiger charge is 2.31. The summed E-state index contributed by atoms with van der Waals surface area (Å²) in [5, 5.41) is 11.4. The summed E-state index contributed by atoms with van der Waals surface area (Å²) in [7, 11) is 3.13. The highest BCUT2D eigenvalue weighted by molar-refractivity contribution is 5.99. The lowest BCUT2D eigenvalue weighted by atomic mass is 9.86. The van der Waals surface area contributed by atoms with Crippen LogP contribution >= 0.6 is 0 Å². The van der Waals surface area contributed by atoms with Crippen molar-refractivity contribution in [1.29, 1.82) is 0 Å². The predicted molar refractivity (Wildman–Crippen MR) is 94.3 cm³/mol. The van der Waals surface area contributed by atoms with Crippen LogP contribution in [-0.2, 0) is 0 Å². The molecule has 0 saturated heterocycles. The summed E-state index contributed by atoms with van der Waals surface area (Å²) >= 11 is 0. The first kappa shape index (κ1) is 19.0. The van der Waals surface area contributed by atoms with Crippen LogP contribution in [0.3, 0.4) is 0 Å². The minimum atomic E-state index is -0.553. The maximum atomic E-state index is 12.9. The maximum Gasteiger partial charge on any atom is 0.286 e. The van der Waals surface area contributed by atoms with E-state index in [1.807, 2.05) is 0 Å². The Hall–Kier alpha value is -2.31. The van der Waals surface area contributed by atoms with Gasteiger partial charge in [-0.25, -0.2) is 0 Å². The topological polar surface area (TPSA) is 81.9 Å². The Morgan fingerprint density at radius 1 is 1.28 bits per heavy atom. The summed E-state index contributed by atoms with van der Waals surface area (Å²) in [5.74, 6) is 0.901. The summed E-state index contributed by atoms with van der Waals surface area (Å²) in [6, 6.07) is 2.79. The zero-order chi connectivity index (χ0) is 18.6. The van der Waals surface area contributed by atoms with Gasteiger partial charge in [-0.05, 0) is 38.5 Å². The number of benzene rings is 1. The maximum absolute atomic E-state index is 12.9. The molecule has 7 nitrogen and oxygen atoms in total. The van der Waals surface area contributed by atoms with Crippen molar-refractivity contribution < 1.29 is 19.2 Å². The molecular formula is C18H26N2O5. The van der Waals surface area contributed by atoms with E-state index in [2.05, 4.69) is 6.92 Å². The molecule has 138 valence electrons. The minimum Gasteiger partial charge on any atom is -0.493 e. The number of amides is 1. The van der Waals surface area contributed by atoms with E-state index in [1.54, 1.807) is 18.9 Å². The SMILES string of the molecule is CCOc1cc(C(=O)N(C)C2CCC(C)CC2)c([N+](=O)[O-])cc1OC. The van der Waals surface area contributed by atoms with Gasteiger partial charge in [0.1, 0.15) is 5.56 Å². The Kier molecular flexibility index (Phi) is 6.22. The number of nitro groups is 1. The van der Waals surface area contributed by atoms with E-state index < -0.39 is 4.92 Å². The van der Waals surface area contributed by atoms with E-state index in [9.17, 15) is 14.9 Å². The molecular weight excluding hydrogens is 324 g/mol. The minimum absolute atomic E-state index is 0.0374. The molecule has 0 spiro atoms. The second-order valence-corrected chi connectivity index (χ2v) is 6.54. The fourth-order valence-corrected chi connectivity index (χ4v) is 3.28. The van der Waals surface area contributed by atoms with E-state index in [-0.39, 0.29) is 28.9 Å². The molecule has 1 fully saturated rings. The quantitative estimate of drug-likeness (QED) is 0.578. The van der Waals surface area contributed by atoms with Crippen LogP contribution in [0.15, 0.2) is 12.1 Å². The van der Waals surface area contributed by atoms with Crippen LogP contribution < -0.4 is 9.47 Å². The third kappa shape index (κ3) is 4.21. The van der Waals surface area contributed by atoms with Crippen molar-refractivity contribution in [1.82, 2.24) is 4.90 Å². The first-order valence-electron chi connectivity index (χ1n) is 8.65. The van der Waals surface area contributed by atoms with E-state index in [0.29, 0.717) is 18.3 Å².